The Balaban J connectivity index is 1.91. The van der Waals surface area contributed by atoms with Crippen molar-refractivity contribution in [3.05, 3.63) is 29.8 Å². The largest absolute Gasteiger partial charge is 0.494 e. The number of ether oxygens (including phenoxy) is 2. The second-order valence-electron chi connectivity index (χ2n) is 4.45. The number of benzene rings is 1. The van der Waals surface area contributed by atoms with Crippen LogP contribution in [0.1, 0.15) is 31.9 Å². The van der Waals surface area contributed by atoms with Crippen LogP contribution in [0.2, 0.25) is 0 Å². The zero-order valence-corrected chi connectivity index (χ0v) is 10.6. The summed E-state index contributed by atoms with van der Waals surface area (Å²) in [6.07, 6.45) is 1.11. The first-order valence-electron chi connectivity index (χ1n) is 6.36. The lowest BCUT2D eigenvalue weighted by Crippen LogP contribution is -2.31. The van der Waals surface area contributed by atoms with Crippen LogP contribution in [0, 0.1) is 0 Å². The Morgan fingerprint density at radius 3 is 2.76 bits per heavy atom. The summed E-state index contributed by atoms with van der Waals surface area (Å²) in [6.45, 7) is 6.62. The average Bonchev–Trinajstić information content (AvgIpc) is 2.83. The van der Waals surface area contributed by atoms with Gasteiger partial charge in [0.15, 0.2) is 0 Å². The van der Waals surface area contributed by atoms with Crippen LogP contribution >= 0.6 is 0 Å². The van der Waals surface area contributed by atoms with Gasteiger partial charge in [0.2, 0.25) is 0 Å². The summed E-state index contributed by atoms with van der Waals surface area (Å²) in [5.74, 6) is 0.938. The highest BCUT2D eigenvalue weighted by Gasteiger charge is 2.17. The Hall–Kier alpha value is -1.06. The summed E-state index contributed by atoms with van der Waals surface area (Å²) in [4.78, 5) is 0. The van der Waals surface area contributed by atoms with E-state index in [1.807, 2.05) is 19.1 Å². The molecular formula is C14H21NO2. The summed E-state index contributed by atoms with van der Waals surface area (Å²) in [5.41, 5.74) is 1.29. The fourth-order valence-corrected chi connectivity index (χ4v) is 2.14. The lowest BCUT2D eigenvalue weighted by atomic mass is 10.1. The molecule has 1 fully saturated rings. The highest BCUT2D eigenvalue weighted by molar-refractivity contribution is 5.29. The van der Waals surface area contributed by atoms with Gasteiger partial charge < -0.3 is 14.8 Å². The number of rotatable bonds is 5. The van der Waals surface area contributed by atoms with Gasteiger partial charge in [0.05, 0.1) is 13.2 Å². The molecule has 3 heteroatoms. The Labute approximate surface area is 103 Å². The van der Waals surface area contributed by atoms with Gasteiger partial charge in [0, 0.05) is 18.7 Å². The predicted molar refractivity (Wildman–Crippen MR) is 68.4 cm³/mol. The van der Waals surface area contributed by atoms with Crippen molar-refractivity contribution in [1.29, 1.82) is 0 Å². The van der Waals surface area contributed by atoms with E-state index >= 15 is 0 Å². The topological polar surface area (TPSA) is 30.5 Å². The minimum absolute atomic E-state index is 0.359. The van der Waals surface area contributed by atoms with Crippen molar-refractivity contribution < 1.29 is 9.47 Å². The van der Waals surface area contributed by atoms with Crippen molar-refractivity contribution in [3.63, 3.8) is 0 Å². The van der Waals surface area contributed by atoms with Gasteiger partial charge in [-0.25, -0.2) is 0 Å². The van der Waals surface area contributed by atoms with Crippen LogP contribution < -0.4 is 10.1 Å². The van der Waals surface area contributed by atoms with Crippen molar-refractivity contribution in [2.75, 3.05) is 19.8 Å². The Morgan fingerprint density at radius 2 is 2.18 bits per heavy atom. The van der Waals surface area contributed by atoms with Crippen molar-refractivity contribution in [2.24, 2.45) is 0 Å². The quantitative estimate of drug-likeness (QED) is 0.850. The minimum Gasteiger partial charge on any atom is -0.494 e. The SMILES string of the molecule is CCOc1ccc(C(C)NC2CCOC2)cc1. The molecule has 0 aromatic heterocycles. The zero-order chi connectivity index (χ0) is 12.1. The molecule has 1 heterocycles. The van der Waals surface area contributed by atoms with Crippen LogP contribution in [-0.2, 0) is 4.74 Å². The standard InChI is InChI=1S/C14H21NO2/c1-3-17-14-6-4-12(5-7-14)11(2)15-13-8-9-16-10-13/h4-7,11,13,15H,3,8-10H2,1-2H3. The predicted octanol–water partition coefficient (Wildman–Crippen LogP) is 2.52. The molecule has 1 aliphatic heterocycles. The molecule has 0 spiro atoms. The lowest BCUT2D eigenvalue weighted by Gasteiger charge is -2.18. The third kappa shape index (κ3) is 3.45. The molecule has 1 saturated heterocycles. The van der Waals surface area contributed by atoms with E-state index in [0.29, 0.717) is 18.7 Å². The molecule has 0 aliphatic carbocycles. The number of hydrogen-bond acceptors (Lipinski definition) is 3. The van der Waals surface area contributed by atoms with E-state index in [1.54, 1.807) is 0 Å². The molecule has 1 N–H and O–H groups in total. The van der Waals surface area contributed by atoms with Gasteiger partial charge in [-0.3, -0.25) is 0 Å². The van der Waals surface area contributed by atoms with Crippen LogP contribution in [0.4, 0.5) is 0 Å². The fourth-order valence-electron chi connectivity index (χ4n) is 2.14. The highest BCUT2D eigenvalue weighted by Crippen LogP contribution is 2.19. The summed E-state index contributed by atoms with van der Waals surface area (Å²) in [5, 5.41) is 3.58. The monoisotopic (exact) mass is 235 g/mol. The van der Waals surface area contributed by atoms with Gasteiger partial charge in [-0.1, -0.05) is 12.1 Å². The third-order valence-corrected chi connectivity index (χ3v) is 3.11. The Morgan fingerprint density at radius 1 is 1.41 bits per heavy atom. The van der Waals surface area contributed by atoms with E-state index in [1.165, 1.54) is 5.56 Å². The van der Waals surface area contributed by atoms with E-state index < -0.39 is 0 Å². The van der Waals surface area contributed by atoms with Gasteiger partial charge in [-0.2, -0.15) is 0 Å². The molecule has 2 atom stereocenters. The van der Waals surface area contributed by atoms with Crippen LogP contribution in [0.5, 0.6) is 5.75 Å². The molecule has 94 valence electrons. The van der Waals surface area contributed by atoms with Gasteiger partial charge >= 0.3 is 0 Å². The summed E-state index contributed by atoms with van der Waals surface area (Å²) >= 11 is 0. The highest BCUT2D eigenvalue weighted by atomic mass is 16.5. The van der Waals surface area contributed by atoms with Crippen molar-refractivity contribution in [3.8, 4) is 5.75 Å². The first kappa shape index (κ1) is 12.4. The lowest BCUT2D eigenvalue weighted by molar-refractivity contribution is 0.188. The van der Waals surface area contributed by atoms with Gasteiger partial charge in [0.1, 0.15) is 5.75 Å². The molecule has 3 nitrogen and oxygen atoms in total. The summed E-state index contributed by atoms with van der Waals surface area (Å²) < 4.78 is 10.8. The van der Waals surface area contributed by atoms with E-state index in [4.69, 9.17) is 9.47 Å². The maximum atomic E-state index is 5.43. The molecule has 0 amide bonds. The molecular weight excluding hydrogens is 214 g/mol. The normalized spacial score (nSPS) is 21.4. The Bertz CT molecular complexity index is 331. The second kappa shape index (κ2) is 6.03. The first-order valence-corrected chi connectivity index (χ1v) is 6.36. The zero-order valence-electron chi connectivity index (χ0n) is 10.6. The van der Waals surface area contributed by atoms with Gasteiger partial charge in [0.25, 0.3) is 0 Å². The van der Waals surface area contributed by atoms with Crippen LogP contribution in [0.3, 0.4) is 0 Å². The molecule has 17 heavy (non-hydrogen) atoms. The fraction of sp³-hybridized carbons (Fsp3) is 0.571. The van der Waals surface area contributed by atoms with Crippen LogP contribution in [0.25, 0.3) is 0 Å². The van der Waals surface area contributed by atoms with E-state index in [0.717, 1.165) is 25.4 Å². The van der Waals surface area contributed by atoms with E-state index in [-0.39, 0.29) is 0 Å². The maximum absolute atomic E-state index is 5.43. The second-order valence-corrected chi connectivity index (χ2v) is 4.45. The molecule has 1 aromatic rings. The van der Waals surface area contributed by atoms with Crippen molar-refractivity contribution in [2.45, 2.75) is 32.4 Å². The molecule has 0 radical (unpaired) electrons. The number of hydrogen-bond donors (Lipinski definition) is 1. The molecule has 0 saturated carbocycles. The average molecular weight is 235 g/mol. The molecule has 2 rings (SSSR count). The first-order chi connectivity index (χ1) is 8.29. The molecule has 1 aliphatic rings. The smallest absolute Gasteiger partial charge is 0.119 e. The maximum Gasteiger partial charge on any atom is 0.119 e. The Kier molecular flexibility index (Phi) is 4.40. The van der Waals surface area contributed by atoms with Crippen molar-refractivity contribution >= 4 is 0 Å². The van der Waals surface area contributed by atoms with Crippen molar-refractivity contribution in [1.82, 2.24) is 5.32 Å². The summed E-state index contributed by atoms with van der Waals surface area (Å²) in [6, 6.07) is 9.16. The minimum atomic E-state index is 0.359. The van der Waals surface area contributed by atoms with Gasteiger partial charge in [-0.05, 0) is 38.0 Å². The third-order valence-electron chi connectivity index (χ3n) is 3.11. The van der Waals surface area contributed by atoms with Gasteiger partial charge in [-0.15, -0.1) is 0 Å². The molecule has 2 unspecified atom stereocenters. The number of nitrogens with one attached hydrogen (secondary N) is 1. The summed E-state index contributed by atoms with van der Waals surface area (Å²) in [7, 11) is 0. The van der Waals surface area contributed by atoms with E-state index in [2.05, 4.69) is 24.4 Å². The molecule has 0 bridgehead atoms. The molecule has 1 aromatic carbocycles. The van der Waals surface area contributed by atoms with Crippen LogP contribution in [0.15, 0.2) is 24.3 Å². The van der Waals surface area contributed by atoms with Crippen LogP contribution in [-0.4, -0.2) is 25.9 Å². The van der Waals surface area contributed by atoms with E-state index in [9.17, 15) is 0 Å².